The molecule has 0 bridgehead atoms. The summed E-state index contributed by atoms with van der Waals surface area (Å²) in [6.07, 6.45) is 6.44. The van der Waals surface area contributed by atoms with E-state index in [1.54, 1.807) is 0 Å². The van der Waals surface area contributed by atoms with Gasteiger partial charge in [-0.25, -0.2) is 0 Å². The Kier molecular flexibility index (Phi) is 4.27. The normalized spacial score (nSPS) is 18.5. The molecule has 1 aromatic heterocycles. The van der Waals surface area contributed by atoms with E-state index in [-0.39, 0.29) is 12.2 Å². The summed E-state index contributed by atoms with van der Waals surface area (Å²) < 4.78 is 1.46. The molecule has 1 N–H and O–H groups in total. The Bertz CT molecular complexity index is 746. The topological polar surface area (TPSA) is 84.4 Å². The zero-order valence-corrected chi connectivity index (χ0v) is 14.0. The fraction of sp³-hybridized carbons (Fsp3) is 0.500. The summed E-state index contributed by atoms with van der Waals surface area (Å²) in [6.45, 7) is 0.855. The molecule has 0 radical (unpaired) electrons. The first-order valence-corrected chi connectivity index (χ1v) is 8.77. The minimum atomic E-state index is -0.594. The van der Waals surface area contributed by atoms with Crippen LogP contribution in [-0.2, 0) is 19.4 Å². The standard InChI is InChI=1S/C18H22N4O3/c23-18(11-20-10-17(9-19-20)22(24)25)12-21(15-5-6-15)16-7-13-3-1-2-4-14(13)8-16/h1-4,9-10,15-16,18,23H,5-8,11-12H2/t18-/m0/s1. The van der Waals surface area contributed by atoms with E-state index in [1.807, 2.05) is 0 Å². The molecule has 132 valence electrons. The number of nitro groups is 1. The van der Waals surface area contributed by atoms with Crippen molar-refractivity contribution in [3.05, 3.63) is 57.9 Å². The van der Waals surface area contributed by atoms with E-state index in [9.17, 15) is 15.2 Å². The average molecular weight is 342 g/mol. The summed E-state index contributed by atoms with van der Waals surface area (Å²) in [5, 5.41) is 25.2. The van der Waals surface area contributed by atoms with E-state index >= 15 is 0 Å². The van der Waals surface area contributed by atoms with Crippen LogP contribution in [0.3, 0.4) is 0 Å². The van der Waals surface area contributed by atoms with Crippen molar-refractivity contribution in [3.63, 3.8) is 0 Å². The van der Waals surface area contributed by atoms with Gasteiger partial charge in [0.05, 0.1) is 17.6 Å². The summed E-state index contributed by atoms with van der Waals surface area (Å²) in [4.78, 5) is 12.7. The first-order valence-electron chi connectivity index (χ1n) is 8.77. The van der Waals surface area contributed by atoms with Crippen molar-refractivity contribution >= 4 is 5.69 Å². The fourth-order valence-electron chi connectivity index (χ4n) is 3.84. The Labute approximate surface area is 146 Å². The van der Waals surface area contributed by atoms with Crippen LogP contribution in [0.4, 0.5) is 5.69 Å². The number of aromatic nitrogens is 2. The molecule has 25 heavy (non-hydrogen) atoms. The van der Waals surface area contributed by atoms with Gasteiger partial charge in [0.25, 0.3) is 0 Å². The van der Waals surface area contributed by atoms with Crippen LogP contribution in [-0.4, -0.2) is 49.4 Å². The number of nitrogens with zero attached hydrogens (tertiary/aromatic N) is 4. The molecule has 2 aliphatic carbocycles. The highest BCUT2D eigenvalue weighted by molar-refractivity contribution is 5.33. The zero-order valence-electron chi connectivity index (χ0n) is 14.0. The molecule has 0 saturated heterocycles. The van der Waals surface area contributed by atoms with Crippen molar-refractivity contribution < 1.29 is 10.0 Å². The van der Waals surface area contributed by atoms with Gasteiger partial charge in [0.15, 0.2) is 0 Å². The molecule has 2 aromatic rings. The smallest absolute Gasteiger partial charge is 0.306 e. The van der Waals surface area contributed by atoms with Gasteiger partial charge in [-0.05, 0) is 36.8 Å². The summed E-state index contributed by atoms with van der Waals surface area (Å²) in [5.74, 6) is 0. The zero-order chi connectivity index (χ0) is 17.4. The molecule has 1 fully saturated rings. The van der Waals surface area contributed by atoms with Crippen molar-refractivity contribution in [1.29, 1.82) is 0 Å². The van der Waals surface area contributed by atoms with Gasteiger partial charge in [-0.1, -0.05) is 24.3 Å². The lowest BCUT2D eigenvalue weighted by atomic mass is 10.1. The molecule has 4 rings (SSSR count). The number of rotatable bonds is 7. The monoisotopic (exact) mass is 342 g/mol. The molecule has 7 heteroatoms. The molecular formula is C18H22N4O3. The number of hydrogen-bond acceptors (Lipinski definition) is 5. The van der Waals surface area contributed by atoms with Gasteiger partial charge < -0.3 is 5.11 Å². The summed E-state index contributed by atoms with van der Waals surface area (Å²) in [7, 11) is 0. The van der Waals surface area contributed by atoms with Gasteiger partial charge in [0.1, 0.15) is 12.4 Å². The van der Waals surface area contributed by atoms with Gasteiger partial charge in [-0.15, -0.1) is 0 Å². The van der Waals surface area contributed by atoms with Crippen molar-refractivity contribution in [1.82, 2.24) is 14.7 Å². The third-order valence-electron chi connectivity index (χ3n) is 5.16. The Balaban J connectivity index is 1.39. The van der Waals surface area contributed by atoms with Crippen LogP contribution in [0.15, 0.2) is 36.7 Å². The third-order valence-corrected chi connectivity index (χ3v) is 5.16. The number of aliphatic hydroxyl groups excluding tert-OH is 1. The van der Waals surface area contributed by atoms with Crippen LogP contribution in [0.5, 0.6) is 0 Å². The molecule has 1 heterocycles. The molecule has 0 amide bonds. The second-order valence-corrected chi connectivity index (χ2v) is 7.09. The largest absolute Gasteiger partial charge is 0.390 e. The SMILES string of the molecule is O=[N+]([O-])c1cnn(C[C@H](O)CN(C2CC2)C2Cc3ccccc3C2)c1. The number of fused-ring (bicyclic) bond motifs is 1. The van der Waals surface area contributed by atoms with Crippen LogP contribution >= 0.6 is 0 Å². The van der Waals surface area contributed by atoms with Crippen molar-refractivity contribution in [2.24, 2.45) is 0 Å². The fourth-order valence-corrected chi connectivity index (χ4v) is 3.84. The molecule has 0 unspecified atom stereocenters. The maximum absolute atomic E-state index is 10.7. The van der Waals surface area contributed by atoms with E-state index in [1.165, 1.54) is 41.0 Å². The number of hydrogen-bond donors (Lipinski definition) is 1. The van der Waals surface area contributed by atoms with Crippen molar-refractivity contribution in [3.8, 4) is 0 Å². The second-order valence-electron chi connectivity index (χ2n) is 7.09. The lowest BCUT2D eigenvalue weighted by Crippen LogP contribution is -2.43. The summed E-state index contributed by atoms with van der Waals surface area (Å²) in [6, 6.07) is 9.55. The quantitative estimate of drug-likeness (QED) is 0.612. The highest BCUT2D eigenvalue weighted by atomic mass is 16.6. The molecule has 0 spiro atoms. The predicted molar refractivity (Wildman–Crippen MR) is 92.3 cm³/mol. The van der Waals surface area contributed by atoms with Gasteiger partial charge in [0, 0.05) is 18.6 Å². The first kappa shape index (κ1) is 16.2. The highest BCUT2D eigenvalue weighted by Gasteiger charge is 2.37. The third kappa shape index (κ3) is 3.57. The van der Waals surface area contributed by atoms with Gasteiger partial charge in [-0.3, -0.25) is 19.7 Å². The number of aliphatic hydroxyl groups is 1. The Morgan fingerprint density at radius 3 is 2.52 bits per heavy atom. The van der Waals surface area contributed by atoms with E-state index in [0.29, 0.717) is 18.6 Å². The van der Waals surface area contributed by atoms with E-state index in [4.69, 9.17) is 0 Å². The molecule has 2 aliphatic rings. The molecule has 1 atom stereocenters. The molecule has 7 nitrogen and oxygen atoms in total. The van der Waals surface area contributed by atoms with Crippen LogP contribution in [0.2, 0.25) is 0 Å². The molecule has 1 aromatic carbocycles. The Morgan fingerprint density at radius 1 is 1.28 bits per heavy atom. The average Bonchev–Trinajstić information content (AvgIpc) is 3.16. The molecule has 0 aliphatic heterocycles. The van der Waals surface area contributed by atoms with Crippen LogP contribution in [0.25, 0.3) is 0 Å². The van der Waals surface area contributed by atoms with Crippen molar-refractivity contribution in [2.45, 2.75) is 50.4 Å². The van der Waals surface area contributed by atoms with Crippen LogP contribution < -0.4 is 0 Å². The second kappa shape index (κ2) is 6.57. The van der Waals surface area contributed by atoms with Crippen LogP contribution in [0.1, 0.15) is 24.0 Å². The first-order chi connectivity index (χ1) is 12.1. The minimum absolute atomic E-state index is 0.0440. The van der Waals surface area contributed by atoms with Gasteiger partial charge in [-0.2, -0.15) is 5.10 Å². The molecular weight excluding hydrogens is 320 g/mol. The maximum atomic E-state index is 10.7. The van der Waals surface area contributed by atoms with E-state index in [0.717, 1.165) is 12.8 Å². The van der Waals surface area contributed by atoms with Crippen molar-refractivity contribution in [2.75, 3.05) is 6.54 Å². The number of benzene rings is 1. The van der Waals surface area contributed by atoms with E-state index in [2.05, 4.69) is 34.3 Å². The van der Waals surface area contributed by atoms with Gasteiger partial charge in [0.2, 0.25) is 0 Å². The predicted octanol–water partition coefficient (Wildman–Crippen LogP) is 1.78. The molecule has 1 saturated carbocycles. The summed E-state index contributed by atoms with van der Waals surface area (Å²) in [5.41, 5.74) is 2.78. The van der Waals surface area contributed by atoms with Gasteiger partial charge >= 0.3 is 5.69 Å². The summed E-state index contributed by atoms with van der Waals surface area (Å²) >= 11 is 0. The minimum Gasteiger partial charge on any atom is -0.390 e. The lowest BCUT2D eigenvalue weighted by Gasteiger charge is -2.30. The Hall–Kier alpha value is -2.25. The van der Waals surface area contributed by atoms with E-state index < -0.39 is 11.0 Å². The maximum Gasteiger partial charge on any atom is 0.306 e. The Morgan fingerprint density at radius 2 is 1.96 bits per heavy atom. The highest BCUT2D eigenvalue weighted by Crippen LogP contribution is 2.34. The van der Waals surface area contributed by atoms with Crippen LogP contribution in [0, 0.1) is 10.1 Å². The lowest BCUT2D eigenvalue weighted by molar-refractivity contribution is -0.385.